The largest absolute Gasteiger partial charge is 0.489 e. The second-order valence-electron chi connectivity index (χ2n) is 8.27. The van der Waals surface area contributed by atoms with E-state index >= 15 is 0 Å². The van der Waals surface area contributed by atoms with Crippen molar-refractivity contribution in [2.75, 3.05) is 0 Å². The van der Waals surface area contributed by atoms with Crippen molar-refractivity contribution in [3.63, 3.8) is 0 Å². The van der Waals surface area contributed by atoms with Gasteiger partial charge in [-0.3, -0.25) is 4.79 Å². The molecule has 0 aliphatic rings. The Balaban J connectivity index is 1.49. The highest BCUT2D eigenvalue weighted by Gasteiger charge is 2.40. The average Bonchev–Trinajstić information content (AvgIpc) is 2.88. The molecule has 1 aromatic heterocycles. The van der Waals surface area contributed by atoms with Gasteiger partial charge in [-0.25, -0.2) is 0 Å². The van der Waals surface area contributed by atoms with Crippen molar-refractivity contribution in [3.05, 3.63) is 112 Å². The van der Waals surface area contributed by atoms with Crippen LogP contribution in [0.1, 0.15) is 23.8 Å². The molecule has 5 aromatic rings. The summed E-state index contributed by atoms with van der Waals surface area (Å²) in [5, 5.41) is 2.02. The summed E-state index contributed by atoms with van der Waals surface area (Å²) in [7, 11) is 0. The molecule has 4 aromatic carbocycles. The first-order chi connectivity index (χ1) is 17.3. The first-order valence-corrected chi connectivity index (χ1v) is 11.4. The molecule has 0 N–H and O–H groups in total. The molecular weight excluding hydrogens is 469 g/mol. The van der Waals surface area contributed by atoms with Crippen molar-refractivity contribution < 1.29 is 27.1 Å². The van der Waals surface area contributed by atoms with Crippen LogP contribution in [0.2, 0.25) is 0 Å². The fraction of sp³-hybridized carbons (Fsp3) is 0.138. The van der Waals surface area contributed by atoms with Crippen LogP contribution in [0.5, 0.6) is 17.2 Å². The van der Waals surface area contributed by atoms with Gasteiger partial charge in [-0.2, -0.15) is 13.2 Å². The molecule has 7 heteroatoms. The lowest BCUT2D eigenvalue weighted by Gasteiger charge is -2.14. The SMILES string of the molecule is CCc1ccc(Oc2c(C(F)(F)F)oc3cc(OCc4cccc5ccccc45)ccc3c2=O)cc1. The Kier molecular flexibility index (Phi) is 6.14. The summed E-state index contributed by atoms with van der Waals surface area (Å²) >= 11 is 0. The maximum absolute atomic E-state index is 13.9. The Bertz CT molecular complexity index is 1600. The zero-order chi connectivity index (χ0) is 25.3. The molecule has 0 radical (unpaired) electrons. The van der Waals surface area contributed by atoms with Gasteiger partial charge < -0.3 is 13.9 Å². The number of aryl methyl sites for hydroxylation is 1. The first kappa shape index (κ1) is 23.5. The van der Waals surface area contributed by atoms with Crippen molar-refractivity contribution in [2.45, 2.75) is 26.1 Å². The van der Waals surface area contributed by atoms with Crippen molar-refractivity contribution in [3.8, 4) is 17.2 Å². The molecule has 36 heavy (non-hydrogen) atoms. The lowest BCUT2D eigenvalue weighted by molar-refractivity contribution is -0.154. The number of benzene rings is 4. The van der Waals surface area contributed by atoms with Crippen molar-refractivity contribution in [1.82, 2.24) is 0 Å². The summed E-state index contributed by atoms with van der Waals surface area (Å²) in [5.74, 6) is -2.01. The Morgan fingerprint density at radius 2 is 1.56 bits per heavy atom. The summed E-state index contributed by atoms with van der Waals surface area (Å²) in [6.45, 7) is 2.15. The van der Waals surface area contributed by atoms with E-state index in [2.05, 4.69) is 0 Å². The number of ether oxygens (including phenoxy) is 2. The highest BCUT2D eigenvalue weighted by Crippen LogP contribution is 2.38. The fourth-order valence-electron chi connectivity index (χ4n) is 4.02. The topological polar surface area (TPSA) is 48.7 Å². The molecule has 0 saturated heterocycles. The van der Waals surface area contributed by atoms with Crippen molar-refractivity contribution in [1.29, 1.82) is 0 Å². The minimum Gasteiger partial charge on any atom is -0.489 e. The summed E-state index contributed by atoms with van der Waals surface area (Å²) in [4.78, 5) is 13.0. The minimum atomic E-state index is -4.94. The fourth-order valence-corrected chi connectivity index (χ4v) is 4.02. The second-order valence-corrected chi connectivity index (χ2v) is 8.27. The van der Waals surface area contributed by atoms with Crippen LogP contribution in [0.25, 0.3) is 21.7 Å². The molecule has 0 bridgehead atoms. The van der Waals surface area contributed by atoms with Gasteiger partial charge in [0.25, 0.3) is 5.76 Å². The molecular formula is C29H21F3O4. The van der Waals surface area contributed by atoms with Crippen LogP contribution in [0.4, 0.5) is 13.2 Å². The predicted octanol–water partition coefficient (Wildman–Crippen LogP) is 7.90. The van der Waals surface area contributed by atoms with E-state index in [9.17, 15) is 18.0 Å². The van der Waals surface area contributed by atoms with Crippen LogP contribution in [0, 0.1) is 0 Å². The Hall–Kier alpha value is -4.26. The zero-order valence-corrected chi connectivity index (χ0v) is 19.3. The molecule has 0 aliphatic carbocycles. The first-order valence-electron chi connectivity index (χ1n) is 11.4. The third-order valence-electron chi connectivity index (χ3n) is 5.91. The lowest BCUT2D eigenvalue weighted by Crippen LogP contribution is -2.15. The van der Waals surface area contributed by atoms with E-state index in [-0.39, 0.29) is 29.1 Å². The number of hydrogen-bond acceptors (Lipinski definition) is 4. The van der Waals surface area contributed by atoms with E-state index in [4.69, 9.17) is 13.9 Å². The molecule has 0 aliphatic heterocycles. The predicted molar refractivity (Wildman–Crippen MR) is 132 cm³/mol. The Labute approximate surface area is 204 Å². The van der Waals surface area contributed by atoms with Crippen LogP contribution in [0.15, 0.2) is 94.1 Å². The van der Waals surface area contributed by atoms with Gasteiger partial charge >= 0.3 is 6.18 Å². The van der Waals surface area contributed by atoms with Gasteiger partial charge in [-0.05, 0) is 52.6 Å². The molecule has 0 saturated carbocycles. The van der Waals surface area contributed by atoms with Crippen molar-refractivity contribution >= 4 is 21.7 Å². The molecule has 5 rings (SSSR count). The average molecular weight is 490 g/mol. The maximum Gasteiger partial charge on any atom is 0.453 e. The minimum absolute atomic E-state index is 0.0410. The summed E-state index contributed by atoms with van der Waals surface area (Å²) in [6.07, 6.45) is -4.18. The number of halogens is 3. The monoisotopic (exact) mass is 490 g/mol. The van der Waals surface area contributed by atoms with E-state index in [1.807, 2.05) is 49.4 Å². The van der Waals surface area contributed by atoms with Gasteiger partial charge in [0.2, 0.25) is 11.2 Å². The molecule has 1 heterocycles. The van der Waals surface area contributed by atoms with E-state index in [1.54, 1.807) is 12.1 Å². The zero-order valence-electron chi connectivity index (χ0n) is 19.3. The van der Waals surface area contributed by atoms with E-state index < -0.39 is 23.1 Å². The van der Waals surface area contributed by atoms with Crippen LogP contribution in [-0.2, 0) is 19.2 Å². The second kappa shape index (κ2) is 9.41. The molecule has 0 spiro atoms. The van der Waals surface area contributed by atoms with E-state index in [0.29, 0.717) is 0 Å². The molecule has 182 valence electrons. The summed E-state index contributed by atoms with van der Waals surface area (Å²) in [5.41, 5.74) is 0.753. The van der Waals surface area contributed by atoms with Crippen molar-refractivity contribution in [2.24, 2.45) is 0 Å². The van der Waals surface area contributed by atoms with E-state index in [1.165, 1.54) is 30.3 Å². The van der Waals surface area contributed by atoms with Crippen LogP contribution < -0.4 is 14.9 Å². The Morgan fingerprint density at radius 3 is 2.31 bits per heavy atom. The lowest BCUT2D eigenvalue weighted by atomic mass is 10.1. The molecule has 0 atom stereocenters. The molecule has 0 fully saturated rings. The quantitative estimate of drug-likeness (QED) is 0.243. The van der Waals surface area contributed by atoms with E-state index in [0.717, 1.165) is 28.3 Å². The van der Waals surface area contributed by atoms with Crippen LogP contribution >= 0.6 is 0 Å². The standard InChI is InChI=1S/C29H21F3O4/c1-2-18-10-12-21(13-11-18)35-27-26(33)24-15-14-22(16-25(24)36-28(27)29(30,31)32)34-17-20-8-5-7-19-6-3-4-9-23(19)20/h3-16H,2,17H2,1H3. The van der Waals surface area contributed by atoms with Gasteiger partial charge in [0.15, 0.2) is 0 Å². The smallest absolute Gasteiger partial charge is 0.453 e. The third kappa shape index (κ3) is 4.64. The van der Waals surface area contributed by atoms with Crippen LogP contribution in [-0.4, -0.2) is 0 Å². The number of alkyl halides is 3. The summed E-state index contributed by atoms with van der Waals surface area (Å²) in [6, 6.07) is 24.3. The van der Waals surface area contributed by atoms with Gasteiger partial charge in [0, 0.05) is 6.07 Å². The number of hydrogen-bond donors (Lipinski definition) is 0. The summed E-state index contributed by atoms with van der Waals surface area (Å²) < 4.78 is 58.0. The highest BCUT2D eigenvalue weighted by molar-refractivity contribution is 5.85. The molecule has 0 unspecified atom stereocenters. The number of fused-ring (bicyclic) bond motifs is 2. The normalized spacial score (nSPS) is 11.7. The molecule has 0 amide bonds. The van der Waals surface area contributed by atoms with Gasteiger partial charge in [-0.15, -0.1) is 0 Å². The molecule has 4 nitrogen and oxygen atoms in total. The highest BCUT2D eigenvalue weighted by atomic mass is 19.4. The van der Waals surface area contributed by atoms with Gasteiger partial charge in [0.1, 0.15) is 23.7 Å². The Morgan fingerprint density at radius 1 is 0.833 bits per heavy atom. The maximum atomic E-state index is 13.9. The number of rotatable bonds is 6. The third-order valence-corrected chi connectivity index (χ3v) is 5.91. The van der Waals surface area contributed by atoms with Gasteiger partial charge in [0.05, 0.1) is 5.39 Å². The van der Waals surface area contributed by atoms with Gasteiger partial charge in [-0.1, -0.05) is 61.5 Å². The van der Waals surface area contributed by atoms with Crippen LogP contribution in [0.3, 0.4) is 0 Å².